The van der Waals surface area contributed by atoms with Crippen molar-refractivity contribution in [3.8, 4) is 0 Å². The summed E-state index contributed by atoms with van der Waals surface area (Å²) in [5.41, 5.74) is 0.0793. The molecule has 166 valence electrons. The molecule has 0 heterocycles. The number of methoxy groups -OCH3 is 1. The molecular formula is C26H44O3. The van der Waals surface area contributed by atoms with E-state index in [4.69, 9.17) is 4.74 Å². The number of ketones is 1. The highest BCUT2D eigenvalue weighted by Crippen LogP contribution is 2.69. The lowest BCUT2D eigenvalue weighted by Gasteiger charge is -2.63. The molecule has 0 aliphatic heterocycles. The van der Waals surface area contributed by atoms with Crippen molar-refractivity contribution in [3.63, 3.8) is 0 Å². The Labute approximate surface area is 178 Å². The van der Waals surface area contributed by atoms with Crippen molar-refractivity contribution in [3.05, 3.63) is 0 Å². The average molecular weight is 405 g/mol. The van der Waals surface area contributed by atoms with E-state index >= 15 is 0 Å². The topological polar surface area (TPSA) is 46.5 Å². The SMILES string of the molecule is CCC[C@@]1(O)CC[C@@]2(COC)[C@H](CC[C@@H]3[C@@H]2CC[C@]2(CC)[C@@H](C(C)=O)CC[C@@H]32)C1. The fraction of sp³-hybridized carbons (Fsp3) is 0.962. The molecule has 0 aromatic heterocycles. The molecule has 4 saturated carbocycles. The predicted molar refractivity (Wildman–Crippen MR) is 117 cm³/mol. The Kier molecular flexibility index (Phi) is 5.97. The molecule has 0 bridgehead atoms. The molecule has 4 rings (SSSR count). The Morgan fingerprint density at radius 2 is 1.76 bits per heavy atom. The van der Waals surface area contributed by atoms with Crippen LogP contribution in [0.15, 0.2) is 0 Å². The maximum atomic E-state index is 12.5. The summed E-state index contributed by atoms with van der Waals surface area (Å²) in [6.07, 6.45) is 13.7. The standard InChI is InChI=1S/C26H44O3/c1-5-12-24(28)14-15-26(17-29-4)19(16-24)7-8-20-22-10-9-21(18(3)27)25(22,6-2)13-11-23(20)26/h19-23,28H,5-17H2,1-4H3/t19-,20+,21-,22+,23+,24-,25-,26-/m1/s1. The van der Waals surface area contributed by atoms with Gasteiger partial charge in [0.2, 0.25) is 0 Å². The van der Waals surface area contributed by atoms with Crippen LogP contribution in [0, 0.1) is 40.4 Å². The van der Waals surface area contributed by atoms with Crippen LogP contribution in [0.2, 0.25) is 0 Å². The van der Waals surface area contributed by atoms with Crippen molar-refractivity contribution >= 4 is 5.78 Å². The van der Waals surface area contributed by atoms with E-state index in [9.17, 15) is 9.90 Å². The average Bonchev–Trinajstić information content (AvgIpc) is 3.09. The lowest BCUT2D eigenvalue weighted by atomic mass is 9.42. The van der Waals surface area contributed by atoms with Gasteiger partial charge in [-0.25, -0.2) is 0 Å². The summed E-state index contributed by atoms with van der Waals surface area (Å²) in [5, 5.41) is 11.2. The normalized spacial score (nSPS) is 49.2. The summed E-state index contributed by atoms with van der Waals surface area (Å²) < 4.78 is 5.91. The second-order valence-corrected chi connectivity index (χ2v) is 11.4. The number of carbonyl (C=O) groups excluding carboxylic acids is 1. The summed E-state index contributed by atoms with van der Waals surface area (Å²) in [5.74, 6) is 3.56. The van der Waals surface area contributed by atoms with Crippen LogP contribution in [0.4, 0.5) is 0 Å². The molecule has 0 spiro atoms. The van der Waals surface area contributed by atoms with Gasteiger partial charge in [-0.2, -0.15) is 0 Å². The molecule has 4 aliphatic rings. The first-order valence-corrected chi connectivity index (χ1v) is 12.6. The molecule has 3 nitrogen and oxygen atoms in total. The van der Waals surface area contributed by atoms with Crippen LogP contribution in [-0.2, 0) is 9.53 Å². The number of aliphatic hydroxyl groups is 1. The fourth-order valence-electron chi connectivity index (χ4n) is 9.47. The lowest BCUT2D eigenvalue weighted by Crippen LogP contribution is -2.59. The van der Waals surface area contributed by atoms with Gasteiger partial charge in [0, 0.05) is 13.0 Å². The summed E-state index contributed by atoms with van der Waals surface area (Å²) >= 11 is 0. The van der Waals surface area contributed by atoms with Crippen LogP contribution in [0.3, 0.4) is 0 Å². The van der Waals surface area contributed by atoms with Gasteiger partial charge >= 0.3 is 0 Å². The molecule has 0 amide bonds. The van der Waals surface area contributed by atoms with Gasteiger partial charge in [0.1, 0.15) is 5.78 Å². The largest absolute Gasteiger partial charge is 0.390 e. The smallest absolute Gasteiger partial charge is 0.133 e. The molecular weight excluding hydrogens is 360 g/mol. The Balaban J connectivity index is 1.63. The second kappa shape index (κ2) is 7.93. The molecule has 0 radical (unpaired) electrons. The molecule has 4 fully saturated rings. The summed E-state index contributed by atoms with van der Waals surface area (Å²) in [4.78, 5) is 12.5. The van der Waals surface area contributed by atoms with Crippen molar-refractivity contribution in [2.45, 2.75) is 103 Å². The summed E-state index contributed by atoms with van der Waals surface area (Å²) in [6, 6.07) is 0. The Hall–Kier alpha value is -0.410. The van der Waals surface area contributed by atoms with Gasteiger partial charge in [0.25, 0.3) is 0 Å². The van der Waals surface area contributed by atoms with Gasteiger partial charge in [-0.3, -0.25) is 4.79 Å². The highest BCUT2D eigenvalue weighted by molar-refractivity contribution is 5.79. The van der Waals surface area contributed by atoms with E-state index in [1.54, 1.807) is 0 Å². The van der Waals surface area contributed by atoms with Crippen LogP contribution in [0.5, 0.6) is 0 Å². The quantitative estimate of drug-likeness (QED) is 0.610. The number of hydrogen-bond donors (Lipinski definition) is 1. The second-order valence-electron chi connectivity index (χ2n) is 11.4. The molecule has 29 heavy (non-hydrogen) atoms. The molecule has 3 heteroatoms. The monoisotopic (exact) mass is 404 g/mol. The van der Waals surface area contributed by atoms with Crippen LogP contribution >= 0.6 is 0 Å². The number of hydrogen-bond acceptors (Lipinski definition) is 3. The molecule has 0 saturated heterocycles. The zero-order valence-corrected chi connectivity index (χ0v) is 19.3. The highest BCUT2D eigenvalue weighted by atomic mass is 16.5. The lowest BCUT2D eigenvalue weighted by molar-refractivity contribution is -0.181. The zero-order valence-electron chi connectivity index (χ0n) is 19.3. The van der Waals surface area contributed by atoms with E-state index in [2.05, 4.69) is 13.8 Å². The van der Waals surface area contributed by atoms with Crippen LogP contribution in [-0.4, -0.2) is 30.2 Å². The molecule has 8 atom stereocenters. The van der Waals surface area contributed by atoms with E-state index in [-0.39, 0.29) is 10.8 Å². The zero-order chi connectivity index (χ0) is 20.9. The van der Waals surface area contributed by atoms with Gasteiger partial charge < -0.3 is 9.84 Å². The third kappa shape index (κ3) is 3.25. The first-order chi connectivity index (χ1) is 13.9. The number of fused-ring (bicyclic) bond motifs is 5. The highest BCUT2D eigenvalue weighted by Gasteiger charge is 2.63. The van der Waals surface area contributed by atoms with Crippen LogP contribution in [0.25, 0.3) is 0 Å². The van der Waals surface area contributed by atoms with E-state index < -0.39 is 5.60 Å². The summed E-state index contributed by atoms with van der Waals surface area (Å²) in [7, 11) is 1.88. The van der Waals surface area contributed by atoms with Gasteiger partial charge in [-0.1, -0.05) is 20.3 Å². The molecule has 0 aromatic carbocycles. The first kappa shape index (κ1) is 21.8. The van der Waals surface area contributed by atoms with Crippen molar-refractivity contribution in [2.24, 2.45) is 40.4 Å². The third-order valence-corrected chi connectivity index (χ3v) is 10.5. The summed E-state index contributed by atoms with van der Waals surface area (Å²) in [6.45, 7) is 7.25. The maximum absolute atomic E-state index is 12.5. The van der Waals surface area contributed by atoms with Gasteiger partial charge in [-0.05, 0) is 112 Å². The Bertz CT molecular complexity index is 617. The fourth-order valence-corrected chi connectivity index (χ4v) is 9.47. The minimum absolute atomic E-state index is 0.256. The Morgan fingerprint density at radius 1 is 1.00 bits per heavy atom. The van der Waals surface area contributed by atoms with Crippen molar-refractivity contribution in [1.29, 1.82) is 0 Å². The molecule has 1 N–H and O–H groups in total. The van der Waals surface area contributed by atoms with Crippen LogP contribution < -0.4 is 0 Å². The minimum Gasteiger partial charge on any atom is -0.390 e. The van der Waals surface area contributed by atoms with E-state index in [1.165, 1.54) is 38.5 Å². The van der Waals surface area contributed by atoms with Crippen LogP contribution in [0.1, 0.15) is 97.8 Å². The van der Waals surface area contributed by atoms with Crippen molar-refractivity contribution < 1.29 is 14.6 Å². The van der Waals surface area contributed by atoms with Crippen molar-refractivity contribution in [1.82, 2.24) is 0 Å². The third-order valence-electron chi connectivity index (χ3n) is 10.5. The predicted octanol–water partition coefficient (Wildman–Crippen LogP) is 5.78. The first-order valence-electron chi connectivity index (χ1n) is 12.6. The number of Topliss-reactive ketones (excluding diaryl/α,β-unsaturated/α-hetero) is 1. The molecule has 4 aliphatic carbocycles. The number of rotatable bonds is 6. The van der Waals surface area contributed by atoms with Gasteiger partial charge in [0.05, 0.1) is 12.2 Å². The Morgan fingerprint density at radius 3 is 2.41 bits per heavy atom. The van der Waals surface area contributed by atoms with E-state index in [0.29, 0.717) is 17.6 Å². The number of carbonyl (C=O) groups is 1. The van der Waals surface area contributed by atoms with E-state index in [0.717, 1.165) is 62.9 Å². The van der Waals surface area contributed by atoms with Gasteiger partial charge in [0.15, 0.2) is 0 Å². The van der Waals surface area contributed by atoms with Crippen molar-refractivity contribution in [2.75, 3.05) is 13.7 Å². The minimum atomic E-state index is -0.446. The number of ether oxygens (including phenoxy) is 1. The van der Waals surface area contributed by atoms with Gasteiger partial charge in [-0.15, -0.1) is 0 Å². The molecule has 0 unspecified atom stereocenters. The maximum Gasteiger partial charge on any atom is 0.133 e. The van der Waals surface area contributed by atoms with E-state index in [1.807, 2.05) is 14.0 Å². The molecule has 0 aromatic rings.